The molecule has 0 radical (unpaired) electrons. The number of furan rings is 1. The maximum absolute atomic E-state index is 12.6. The molecule has 4 aromatic rings. The van der Waals surface area contributed by atoms with Crippen LogP contribution in [0.15, 0.2) is 88.6 Å². The van der Waals surface area contributed by atoms with Gasteiger partial charge in [0.1, 0.15) is 17.3 Å². The van der Waals surface area contributed by atoms with Crippen molar-refractivity contribution >= 4 is 23.7 Å². The van der Waals surface area contributed by atoms with Crippen molar-refractivity contribution in [1.29, 1.82) is 0 Å². The lowest BCUT2D eigenvalue weighted by Gasteiger charge is -2.08. The Balaban J connectivity index is 1.46. The topological polar surface area (TPSA) is 68.8 Å². The largest absolute Gasteiger partial charge is 0.495 e. The predicted octanol–water partition coefficient (Wildman–Crippen LogP) is 5.16. The maximum atomic E-state index is 12.6. The fourth-order valence-electron chi connectivity index (χ4n) is 3.00. The Bertz CT molecular complexity index is 1200. The first kappa shape index (κ1) is 19.5. The summed E-state index contributed by atoms with van der Waals surface area (Å²) in [6.45, 7) is 0. The summed E-state index contributed by atoms with van der Waals surface area (Å²) in [7, 11) is 1.56. The zero-order valence-corrected chi connectivity index (χ0v) is 16.8. The van der Waals surface area contributed by atoms with Gasteiger partial charge < -0.3 is 13.7 Å². The first-order chi connectivity index (χ1) is 14.7. The minimum atomic E-state index is -0.315. The van der Waals surface area contributed by atoms with Crippen LogP contribution in [0.4, 0.5) is 0 Å². The van der Waals surface area contributed by atoms with Crippen LogP contribution >= 0.6 is 11.6 Å². The summed E-state index contributed by atoms with van der Waals surface area (Å²) in [6.07, 6.45) is 5.21. The van der Waals surface area contributed by atoms with Gasteiger partial charge in [-0.3, -0.25) is 4.79 Å². The van der Waals surface area contributed by atoms with Crippen LogP contribution in [-0.4, -0.2) is 23.8 Å². The highest BCUT2D eigenvalue weighted by atomic mass is 35.5. The van der Waals surface area contributed by atoms with Crippen LogP contribution in [0.5, 0.6) is 5.75 Å². The van der Waals surface area contributed by atoms with Crippen molar-refractivity contribution in [3.63, 3.8) is 0 Å². The van der Waals surface area contributed by atoms with Gasteiger partial charge in [0.2, 0.25) is 0 Å². The molecule has 6 nitrogen and oxygen atoms in total. The van der Waals surface area contributed by atoms with Crippen LogP contribution in [0.3, 0.4) is 0 Å². The molecule has 1 amide bonds. The first-order valence-electron chi connectivity index (χ1n) is 9.15. The van der Waals surface area contributed by atoms with Gasteiger partial charge in [0, 0.05) is 18.0 Å². The molecule has 0 aliphatic rings. The lowest BCUT2D eigenvalue weighted by atomic mass is 10.1. The number of hydrogen-bond acceptors (Lipinski definition) is 4. The van der Waals surface area contributed by atoms with Crippen molar-refractivity contribution in [3.8, 4) is 22.8 Å². The van der Waals surface area contributed by atoms with Crippen LogP contribution in [0.25, 0.3) is 17.0 Å². The molecule has 0 fully saturated rings. The molecule has 2 heterocycles. The monoisotopic (exact) mass is 419 g/mol. The summed E-state index contributed by atoms with van der Waals surface area (Å²) in [6, 6.07) is 20.1. The molecule has 0 saturated carbocycles. The summed E-state index contributed by atoms with van der Waals surface area (Å²) in [4.78, 5) is 12.6. The van der Waals surface area contributed by atoms with Crippen LogP contribution in [-0.2, 0) is 0 Å². The van der Waals surface area contributed by atoms with Crippen LogP contribution in [0.1, 0.15) is 16.1 Å². The lowest BCUT2D eigenvalue weighted by Crippen LogP contribution is -2.19. The molecule has 0 aliphatic carbocycles. The van der Waals surface area contributed by atoms with E-state index in [1.165, 1.54) is 6.21 Å². The molecule has 0 atom stereocenters. The van der Waals surface area contributed by atoms with E-state index in [2.05, 4.69) is 10.5 Å². The standard InChI is InChI=1S/C23H18ClN3O3/c1-29-22-10-8-16(14-19(22)24)21-11-9-17(30-21)15-25-26-23(28)18-6-2-3-7-20(18)27-12-4-5-13-27/h2-15H,1H3,(H,26,28). The van der Waals surface area contributed by atoms with Gasteiger partial charge in [-0.05, 0) is 54.6 Å². The van der Waals surface area contributed by atoms with Gasteiger partial charge in [-0.15, -0.1) is 0 Å². The molecular weight excluding hydrogens is 402 g/mol. The van der Waals surface area contributed by atoms with Crippen molar-refractivity contribution in [2.24, 2.45) is 5.10 Å². The number of rotatable bonds is 6. The van der Waals surface area contributed by atoms with Gasteiger partial charge in [0.05, 0.1) is 29.6 Å². The van der Waals surface area contributed by atoms with Crippen molar-refractivity contribution in [2.45, 2.75) is 0 Å². The SMILES string of the molecule is COc1ccc(-c2ccc(C=NNC(=O)c3ccccc3-n3cccc3)o2)cc1Cl. The van der Waals surface area contributed by atoms with Gasteiger partial charge in [0.15, 0.2) is 0 Å². The third-order valence-electron chi connectivity index (χ3n) is 4.45. The van der Waals surface area contributed by atoms with Crippen molar-refractivity contribution in [3.05, 3.63) is 95.5 Å². The molecule has 2 aromatic heterocycles. The minimum Gasteiger partial charge on any atom is -0.495 e. The van der Waals surface area contributed by atoms with Crippen LogP contribution in [0, 0.1) is 0 Å². The van der Waals surface area contributed by atoms with Gasteiger partial charge in [-0.1, -0.05) is 23.7 Å². The summed E-state index contributed by atoms with van der Waals surface area (Å²) in [5, 5.41) is 4.51. The zero-order chi connectivity index (χ0) is 20.9. The second kappa shape index (κ2) is 8.71. The lowest BCUT2D eigenvalue weighted by molar-refractivity contribution is 0.0955. The van der Waals surface area contributed by atoms with E-state index in [1.54, 1.807) is 31.4 Å². The number of carbonyl (C=O) groups excluding carboxylic acids is 1. The van der Waals surface area contributed by atoms with E-state index in [4.69, 9.17) is 20.8 Å². The summed E-state index contributed by atoms with van der Waals surface area (Å²) >= 11 is 6.17. The van der Waals surface area contributed by atoms with Crippen molar-refractivity contribution in [1.82, 2.24) is 9.99 Å². The smallest absolute Gasteiger partial charge is 0.273 e. The second-order valence-electron chi connectivity index (χ2n) is 6.36. The Morgan fingerprint density at radius 1 is 1.10 bits per heavy atom. The number of nitrogens with zero attached hydrogens (tertiary/aromatic N) is 2. The highest BCUT2D eigenvalue weighted by Crippen LogP contribution is 2.30. The third kappa shape index (κ3) is 4.14. The number of halogens is 1. The summed E-state index contributed by atoms with van der Waals surface area (Å²) in [5.74, 6) is 1.40. The molecule has 7 heteroatoms. The van der Waals surface area contributed by atoms with Gasteiger partial charge in [0.25, 0.3) is 5.91 Å². The Kier molecular flexibility index (Phi) is 5.68. The van der Waals surface area contributed by atoms with Crippen LogP contribution in [0.2, 0.25) is 5.02 Å². The molecule has 0 spiro atoms. The van der Waals surface area contributed by atoms with Crippen molar-refractivity contribution in [2.75, 3.05) is 7.11 Å². The number of nitrogens with one attached hydrogen (secondary N) is 1. The van der Waals surface area contributed by atoms with E-state index >= 15 is 0 Å². The fourth-order valence-corrected chi connectivity index (χ4v) is 3.26. The highest BCUT2D eigenvalue weighted by molar-refractivity contribution is 6.32. The molecule has 0 bridgehead atoms. The van der Waals surface area contributed by atoms with E-state index < -0.39 is 0 Å². The van der Waals surface area contributed by atoms with E-state index in [0.717, 1.165) is 11.3 Å². The molecule has 0 aliphatic heterocycles. The third-order valence-corrected chi connectivity index (χ3v) is 4.75. The number of benzene rings is 2. The fraction of sp³-hybridized carbons (Fsp3) is 0.0435. The predicted molar refractivity (Wildman–Crippen MR) is 117 cm³/mol. The Morgan fingerprint density at radius 2 is 1.90 bits per heavy atom. The number of methoxy groups -OCH3 is 1. The molecule has 0 saturated heterocycles. The molecule has 0 unspecified atom stereocenters. The van der Waals surface area contributed by atoms with Gasteiger partial charge >= 0.3 is 0 Å². The average molecular weight is 420 g/mol. The van der Waals surface area contributed by atoms with Gasteiger partial charge in [-0.2, -0.15) is 5.10 Å². The highest BCUT2D eigenvalue weighted by Gasteiger charge is 2.11. The Morgan fingerprint density at radius 3 is 2.67 bits per heavy atom. The number of para-hydroxylation sites is 1. The second-order valence-corrected chi connectivity index (χ2v) is 6.77. The molecular formula is C23H18ClN3O3. The number of carbonyl (C=O) groups is 1. The summed E-state index contributed by atoms with van der Waals surface area (Å²) in [5.41, 5.74) is 4.64. The molecule has 30 heavy (non-hydrogen) atoms. The minimum absolute atomic E-state index is 0.315. The number of ether oxygens (including phenoxy) is 1. The Hall–Kier alpha value is -3.77. The normalized spacial score (nSPS) is 11.0. The number of hydrogen-bond donors (Lipinski definition) is 1. The summed E-state index contributed by atoms with van der Waals surface area (Å²) < 4.78 is 12.8. The van der Waals surface area contributed by atoms with E-state index in [0.29, 0.717) is 27.9 Å². The number of amides is 1. The quantitative estimate of drug-likeness (QED) is 0.346. The average Bonchev–Trinajstić information content (AvgIpc) is 3.46. The number of hydrazone groups is 1. The van der Waals surface area contributed by atoms with E-state index in [1.807, 2.05) is 59.4 Å². The zero-order valence-electron chi connectivity index (χ0n) is 16.1. The van der Waals surface area contributed by atoms with E-state index in [9.17, 15) is 4.79 Å². The molecule has 150 valence electrons. The molecule has 4 rings (SSSR count). The first-order valence-corrected chi connectivity index (χ1v) is 9.53. The van der Waals surface area contributed by atoms with E-state index in [-0.39, 0.29) is 5.91 Å². The molecule has 1 N–H and O–H groups in total. The molecule has 2 aromatic carbocycles. The number of aromatic nitrogens is 1. The van der Waals surface area contributed by atoms with Gasteiger partial charge in [-0.25, -0.2) is 5.43 Å². The van der Waals surface area contributed by atoms with Crippen LogP contribution < -0.4 is 10.2 Å². The van der Waals surface area contributed by atoms with Crippen molar-refractivity contribution < 1.29 is 13.9 Å². The maximum Gasteiger partial charge on any atom is 0.273 e. The Labute approximate surface area is 178 Å².